The summed E-state index contributed by atoms with van der Waals surface area (Å²) in [5.74, 6) is -0.845. The van der Waals surface area contributed by atoms with Gasteiger partial charge in [0.1, 0.15) is 0 Å². The smallest absolute Gasteiger partial charge is 0.259 e. The van der Waals surface area contributed by atoms with Crippen molar-refractivity contribution in [3.63, 3.8) is 0 Å². The van der Waals surface area contributed by atoms with E-state index in [1.165, 1.54) is 11.8 Å². The van der Waals surface area contributed by atoms with Crippen LogP contribution in [0, 0.1) is 5.92 Å². The minimum absolute atomic E-state index is 0.149. The Kier molecular flexibility index (Phi) is 4.93. The van der Waals surface area contributed by atoms with Gasteiger partial charge in [0.25, 0.3) is 11.5 Å². The number of anilines is 1. The van der Waals surface area contributed by atoms with Crippen LogP contribution in [0.1, 0.15) is 37.8 Å². The zero-order valence-electron chi connectivity index (χ0n) is 20.8. The molecule has 0 bridgehead atoms. The van der Waals surface area contributed by atoms with Crippen LogP contribution in [0.2, 0.25) is 0 Å². The summed E-state index contributed by atoms with van der Waals surface area (Å²) in [4.78, 5) is 41.2. The van der Waals surface area contributed by atoms with Gasteiger partial charge < -0.3 is 14.5 Å². The molecule has 2 aromatic carbocycles. The highest BCUT2D eigenvalue weighted by Crippen LogP contribution is 2.46. The molecule has 2 amide bonds. The number of imide groups is 1. The van der Waals surface area contributed by atoms with Gasteiger partial charge in [-0.05, 0) is 41.1 Å². The fourth-order valence-electron chi connectivity index (χ4n) is 5.80. The first-order valence-corrected chi connectivity index (χ1v) is 12.3. The Morgan fingerprint density at radius 3 is 2.56 bits per heavy atom. The van der Waals surface area contributed by atoms with Crippen LogP contribution < -0.4 is 10.9 Å². The lowest BCUT2D eigenvalue weighted by atomic mass is 9.84. The van der Waals surface area contributed by atoms with Gasteiger partial charge in [-0.3, -0.25) is 19.3 Å². The molecule has 0 saturated carbocycles. The number of nitrogens with zero attached hydrogens (tertiary/aromatic N) is 3. The van der Waals surface area contributed by atoms with Crippen molar-refractivity contribution in [1.29, 1.82) is 0 Å². The zero-order valence-corrected chi connectivity index (χ0v) is 20.8. The molecule has 0 saturated heterocycles. The standard InChI is InChI=1S/C29H28N4O3/c1-16(2)13-32-14-20-25(19-12-18-8-5-6-10-23(18)31(4)28(19)35)27-22(15-33(17(3)34)29(27)36)30-21-9-7-11-24(32)26(20)21/h5-12,14,16,25,30H,13,15H2,1-4H3/t25-/m1/s1. The van der Waals surface area contributed by atoms with Gasteiger partial charge in [-0.1, -0.05) is 38.1 Å². The zero-order chi connectivity index (χ0) is 25.3. The van der Waals surface area contributed by atoms with E-state index in [0.717, 1.165) is 39.6 Å². The molecular formula is C29H28N4O3. The van der Waals surface area contributed by atoms with Gasteiger partial charge in [-0.25, -0.2) is 0 Å². The van der Waals surface area contributed by atoms with Crippen molar-refractivity contribution in [2.75, 3.05) is 11.9 Å². The highest BCUT2D eigenvalue weighted by molar-refractivity contribution is 6.11. The van der Waals surface area contributed by atoms with Gasteiger partial charge in [0.05, 0.1) is 23.2 Å². The van der Waals surface area contributed by atoms with Crippen molar-refractivity contribution in [2.24, 2.45) is 13.0 Å². The van der Waals surface area contributed by atoms with Crippen LogP contribution in [0.4, 0.5) is 5.69 Å². The molecule has 0 radical (unpaired) electrons. The summed E-state index contributed by atoms with van der Waals surface area (Å²) in [5.41, 5.74) is 5.21. The summed E-state index contributed by atoms with van der Waals surface area (Å²) in [6.45, 7) is 6.71. The first-order valence-electron chi connectivity index (χ1n) is 12.3. The van der Waals surface area contributed by atoms with E-state index in [1.807, 2.05) is 42.5 Å². The van der Waals surface area contributed by atoms with Crippen LogP contribution in [-0.2, 0) is 23.2 Å². The van der Waals surface area contributed by atoms with E-state index in [2.05, 4.69) is 36.0 Å². The Hall–Kier alpha value is -4.13. The summed E-state index contributed by atoms with van der Waals surface area (Å²) in [5, 5.41) is 5.42. The number of nitrogens with one attached hydrogen (secondary N) is 1. The molecule has 4 aromatic rings. The van der Waals surface area contributed by atoms with Crippen molar-refractivity contribution in [2.45, 2.75) is 33.2 Å². The second-order valence-electron chi connectivity index (χ2n) is 10.2. The molecule has 2 aromatic heterocycles. The maximum atomic E-state index is 13.8. The Balaban J connectivity index is 1.70. The number of hydrogen-bond donors (Lipinski definition) is 1. The molecule has 4 heterocycles. The average molecular weight is 481 g/mol. The van der Waals surface area contributed by atoms with Crippen molar-refractivity contribution < 1.29 is 9.59 Å². The summed E-state index contributed by atoms with van der Waals surface area (Å²) in [6, 6.07) is 15.8. The third-order valence-electron chi connectivity index (χ3n) is 7.35. The quantitative estimate of drug-likeness (QED) is 0.473. The van der Waals surface area contributed by atoms with Gasteiger partial charge in [0, 0.05) is 55.0 Å². The predicted octanol–water partition coefficient (Wildman–Crippen LogP) is 4.35. The minimum Gasteiger partial charge on any atom is -0.356 e. The summed E-state index contributed by atoms with van der Waals surface area (Å²) in [6.07, 6.45) is 2.09. The normalized spacial score (nSPS) is 17.2. The van der Waals surface area contributed by atoms with E-state index in [9.17, 15) is 14.4 Å². The molecule has 0 unspecified atom stereocenters. The second kappa shape index (κ2) is 7.95. The van der Waals surface area contributed by atoms with Gasteiger partial charge in [-0.15, -0.1) is 0 Å². The minimum atomic E-state index is -0.604. The van der Waals surface area contributed by atoms with Gasteiger partial charge in [0.15, 0.2) is 0 Å². The first-order chi connectivity index (χ1) is 17.3. The van der Waals surface area contributed by atoms with Crippen LogP contribution in [-0.4, -0.2) is 32.4 Å². The molecule has 0 aliphatic carbocycles. The number of amides is 2. The number of hydrogen-bond acceptors (Lipinski definition) is 4. The molecule has 36 heavy (non-hydrogen) atoms. The second-order valence-corrected chi connectivity index (χ2v) is 10.2. The molecule has 1 N–H and O–H groups in total. The number of rotatable bonds is 3. The molecule has 1 atom stereocenters. The Bertz CT molecular complexity index is 1690. The molecular weight excluding hydrogens is 452 g/mol. The molecule has 7 heteroatoms. The third kappa shape index (κ3) is 3.15. The lowest BCUT2D eigenvalue weighted by Crippen LogP contribution is -2.34. The number of para-hydroxylation sites is 1. The monoisotopic (exact) mass is 480 g/mol. The SMILES string of the molecule is CC(=O)N1CC2=C(C1=O)[C@H](c1cc3ccccc3n(C)c1=O)c1cn(CC(C)C)c3cccc(c13)N2. The third-order valence-corrected chi connectivity index (χ3v) is 7.35. The summed E-state index contributed by atoms with van der Waals surface area (Å²) in [7, 11) is 1.77. The molecule has 6 rings (SSSR count). The number of aromatic nitrogens is 2. The lowest BCUT2D eigenvalue weighted by Gasteiger charge is -2.20. The summed E-state index contributed by atoms with van der Waals surface area (Å²) >= 11 is 0. The number of carbonyl (C=O) groups excluding carboxylic acids is 2. The maximum absolute atomic E-state index is 13.8. The lowest BCUT2D eigenvalue weighted by molar-refractivity contribution is -0.139. The van der Waals surface area contributed by atoms with Crippen molar-refractivity contribution in [1.82, 2.24) is 14.0 Å². The van der Waals surface area contributed by atoms with E-state index in [4.69, 9.17) is 0 Å². The Morgan fingerprint density at radius 1 is 1.06 bits per heavy atom. The van der Waals surface area contributed by atoms with Crippen LogP contribution in [0.15, 0.2) is 70.8 Å². The Morgan fingerprint density at radius 2 is 1.81 bits per heavy atom. The number of fused-ring (bicyclic) bond motifs is 1. The van der Waals surface area contributed by atoms with E-state index in [0.29, 0.717) is 22.8 Å². The van der Waals surface area contributed by atoms with Crippen molar-refractivity contribution in [3.05, 3.63) is 87.5 Å². The van der Waals surface area contributed by atoms with E-state index in [-0.39, 0.29) is 23.9 Å². The maximum Gasteiger partial charge on any atom is 0.259 e. The van der Waals surface area contributed by atoms with E-state index in [1.54, 1.807) is 11.6 Å². The van der Waals surface area contributed by atoms with Crippen molar-refractivity contribution >= 4 is 39.3 Å². The highest BCUT2D eigenvalue weighted by Gasteiger charge is 2.42. The molecule has 7 nitrogen and oxygen atoms in total. The fourth-order valence-corrected chi connectivity index (χ4v) is 5.80. The predicted molar refractivity (Wildman–Crippen MR) is 141 cm³/mol. The van der Waals surface area contributed by atoms with Crippen LogP contribution in [0.3, 0.4) is 0 Å². The van der Waals surface area contributed by atoms with Gasteiger partial charge in [0.2, 0.25) is 5.91 Å². The van der Waals surface area contributed by atoms with Gasteiger partial charge >= 0.3 is 0 Å². The fraction of sp³-hybridized carbons (Fsp3) is 0.276. The molecule has 182 valence electrons. The van der Waals surface area contributed by atoms with Crippen LogP contribution in [0.25, 0.3) is 21.8 Å². The average Bonchev–Trinajstić information content (AvgIpc) is 3.31. The van der Waals surface area contributed by atoms with E-state index >= 15 is 0 Å². The van der Waals surface area contributed by atoms with E-state index < -0.39 is 5.92 Å². The Labute approximate surface area is 208 Å². The van der Waals surface area contributed by atoms with Crippen LogP contribution in [0.5, 0.6) is 0 Å². The number of benzene rings is 2. The number of carbonyl (C=O) groups is 2. The van der Waals surface area contributed by atoms with Crippen molar-refractivity contribution in [3.8, 4) is 0 Å². The highest BCUT2D eigenvalue weighted by atomic mass is 16.2. The van der Waals surface area contributed by atoms with Crippen LogP contribution >= 0.6 is 0 Å². The topological polar surface area (TPSA) is 76.3 Å². The summed E-state index contributed by atoms with van der Waals surface area (Å²) < 4.78 is 3.87. The first kappa shape index (κ1) is 22.3. The molecule has 2 aliphatic heterocycles. The van der Waals surface area contributed by atoms with Gasteiger partial charge in [-0.2, -0.15) is 0 Å². The molecule has 2 aliphatic rings. The number of aryl methyl sites for hydroxylation is 1. The molecule has 0 fully saturated rings. The number of pyridine rings is 1. The molecule has 0 spiro atoms. The largest absolute Gasteiger partial charge is 0.356 e.